The summed E-state index contributed by atoms with van der Waals surface area (Å²) in [7, 11) is 0. The average Bonchev–Trinajstić information content (AvgIpc) is 2.70. The minimum absolute atomic E-state index is 0.268. The zero-order valence-electron chi connectivity index (χ0n) is 12.8. The molecule has 1 aromatic carbocycles. The van der Waals surface area contributed by atoms with E-state index in [2.05, 4.69) is 44.4 Å². The summed E-state index contributed by atoms with van der Waals surface area (Å²) < 4.78 is 2.34. The van der Waals surface area contributed by atoms with Gasteiger partial charge in [-0.25, -0.2) is 4.98 Å². The number of imidazole rings is 1. The summed E-state index contributed by atoms with van der Waals surface area (Å²) >= 11 is 0. The van der Waals surface area contributed by atoms with E-state index in [1.165, 1.54) is 27.9 Å². The summed E-state index contributed by atoms with van der Waals surface area (Å²) in [6, 6.07) is 4.80. The van der Waals surface area contributed by atoms with Crippen molar-refractivity contribution in [3.8, 4) is 11.3 Å². The molecule has 1 unspecified atom stereocenters. The molecule has 0 spiro atoms. The Bertz CT molecular complexity index is 667. The van der Waals surface area contributed by atoms with Gasteiger partial charge in [0.2, 0.25) is 0 Å². The van der Waals surface area contributed by atoms with Crippen LogP contribution in [0.4, 0.5) is 0 Å². The molecular weight excluding hydrogens is 246 g/mol. The Labute approximate surface area is 120 Å². The Hall–Kier alpha value is -1.61. The van der Waals surface area contributed by atoms with Crippen molar-refractivity contribution in [2.75, 3.05) is 0 Å². The van der Waals surface area contributed by atoms with E-state index >= 15 is 0 Å². The van der Waals surface area contributed by atoms with Gasteiger partial charge < -0.3 is 10.3 Å². The number of fused-ring (bicyclic) bond motifs is 1. The predicted molar refractivity (Wildman–Crippen MR) is 82.9 cm³/mol. The van der Waals surface area contributed by atoms with Crippen LogP contribution in [0.25, 0.3) is 11.3 Å². The van der Waals surface area contributed by atoms with Crippen molar-refractivity contribution >= 4 is 0 Å². The standard InChI is InChI=1S/C17H23N3/c1-10-7-12(3)15(8-11(10)2)17-16-9-14(18)5-6-20(16)13(4)19-17/h7-8,14H,5-6,9,18H2,1-4H3. The second kappa shape index (κ2) is 4.74. The van der Waals surface area contributed by atoms with E-state index in [0.717, 1.165) is 30.9 Å². The maximum Gasteiger partial charge on any atom is 0.106 e. The van der Waals surface area contributed by atoms with E-state index in [9.17, 15) is 0 Å². The normalized spacial score (nSPS) is 18.1. The van der Waals surface area contributed by atoms with Gasteiger partial charge in [0.25, 0.3) is 0 Å². The van der Waals surface area contributed by atoms with Crippen LogP contribution in [-0.2, 0) is 13.0 Å². The van der Waals surface area contributed by atoms with Crippen LogP contribution in [0.2, 0.25) is 0 Å². The van der Waals surface area contributed by atoms with E-state index in [1.54, 1.807) is 0 Å². The number of benzene rings is 1. The van der Waals surface area contributed by atoms with E-state index in [-0.39, 0.29) is 6.04 Å². The highest BCUT2D eigenvalue weighted by atomic mass is 15.1. The topological polar surface area (TPSA) is 43.8 Å². The molecule has 0 saturated heterocycles. The number of aromatic nitrogens is 2. The molecule has 0 fully saturated rings. The molecule has 2 aromatic rings. The number of nitrogens with two attached hydrogens (primary N) is 1. The lowest BCUT2D eigenvalue weighted by Gasteiger charge is -2.22. The predicted octanol–water partition coefficient (Wildman–Crippen LogP) is 3.06. The maximum atomic E-state index is 6.16. The van der Waals surface area contributed by atoms with Crippen molar-refractivity contribution in [2.24, 2.45) is 5.73 Å². The highest BCUT2D eigenvalue weighted by Gasteiger charge is 2.23. The molecule has 2 N–H and O–H groups in total. The third-order valence-electron chi connectivity index (χ3n) is 4.54. The number of nitrogens with zero attached hydrogens (tertiary/aromatic N) is 2. The van der Waals surface area contributed by atoms with Gasteiger partial charge in [0.1, 0.15) is 5.82 Å². The molecule has 0 amide bonds. The third kappa shape index (κ3) is 2.06. The van der Waals surface area contributed by atoms with Gasteiger partial charge in [-0.1, -0.05) is 6.07 Å². The van der Waals surface area contributed by atoms with Crippen LogP contribution in [0.1, 0.15) is 34.6 Å². The Morgan fingerprint density at radius 3 is 2.55 bits per heavy atom. The molecule has 0 radical (unpaired) electrons. The summed E-state index contributed by atoms with van der Waals surface area (Å²) in [5.74, 6) is 1.11. The van der Waals surface area contributed by atoms with E-state index in [0.29, 0.717) is 0 Å². The Morgan fingerprint density at radius 1 is 1.10 bits per heavy atom. The molecule has 3 rings (SSSR count). The number of rotatable bonds is 1. The molecule has 1 atom stereocenters. The lowest BCUT2D eigenvalue weighted by molar-refractivity contribution is 0.466. The molecule has 2 heterocycles. The fourth-order valence-electron chi connectivity index (χ4n) is 3.19. The first-order valence-electron chi connectivity index (χ1n) is 7.37. The lowest BCUT2D eigenvalue weighted by atomic mass is 9.95. The molecule has 3 heteroatoms. The molecule has 3 nitrogen and oxygen atoms in total. The number of hydrogen-bond donors (Lipinski definition) is 1. The fraction of sp³-hybridized carbons (Fsp3) is 0.471. The summed E-state index contributed by atoms with van der Waals surface area (Å²) in [5.41, 5.74) is 13.8. The van der Waals surface area contributed by atoms with E-state index in [4.69, 9.17) is 10.7 Å². The van der Waals surface area contributed by atoms with Crippen molar-refractivity contribution in [1.29, 1.82) is 0 Å². The van der Waals surface area contributed by atoms with Gasteiger partial charge in [0.15, 0.2) is 0 Å². The largest absolute Gasteiger partial charge is 0.332 e. The van der Waals surface area contributed by atoms with Crippen molar-refractivity contribution in [3.63, 3.8) is 0 Å². The zero-order chi connectivity index (χ0) is 14.4. The first kappa shape index (κ1) is 13.4. The van der Waals surface area contributed by atoms with Gasteiger partial charge in [0.05, 0.1) is 5.69 Å². The molecule has 1 aliphatic rings. The first-order chi connectivity index (χ1) is 9.47. The van der Waals surface area contributed by atoms with Crippen molar-refractivity contribution in [3.05, 3.63) is 40.3 Å². The van der Waals surface area contributed by atoms with Gasteiger partial charge in [-0.05, 0) is 56.9 Å². The SMILES string of the molecule is Cc1cc(C)c(-c2nc(C)n3c2CC(N)CC3)cc1C. The molecule has 1 aromatic heterocycles. The fourth-order valence-corrected chi connectivity index (χ4v) is 3.19. The number of hydrogen-bond acceptors (Lipinski definition) is 2. The Balaban J connectivity index is 2.18. The van der Waals surface area contributed by atoms with Crippen LogP contribution in [0, 0.1) is 27.7 Å². The van der Waals surface area contributed by atoms with Crippen molar-refractivity contribution < 1.29 is 0 Å². The second-order valence-corrected chi connectivity index (χ2v) is 6.11. The Kier molecular flexibility index (Phi) is 3.17. The molecule has 1 aliphatic heterocycles. The molecule has 0 bridgehead atoms. The quantitative estimate of drug-likeness (QED) is 0.864. The lowest BCUT2D eigenvalue weighted by Crippen LogP contribution is -2.31. The highest BCUT2D eigenvalue weighted by Crippen LogP contribution is 2.32. The molecule has 0 aliphatic carbocycles. The maximum absolute atomic E-state index is 6.16. The van der Waals surface area contributed by atoms with Gasteiger partial charge in [0, 0.05) is 30.3 Å². The third-order valence-corrected chi connectivity index (χ3v) is 4.54. The highest BCUT2D eigenvalue weighted by molar-refractivity contribution is 5.68. The van der Waals surface area contributed by atoms with Gasteiger partial charge in [-0.3, -0.25) is 0 Å². The van der Waals surface area contributed by atoms with E-state index in [1.807, 2.05) is 0 Å². The average molecular weight is 269 g/mol. The molecule has 0 saturated carbocycles. The van der Waals surface area contributed by atoms with Crippen LogP contribution >= 0.6 is 0 Å². The summed E-state index contributed by atoms with van der Waals surface area (Å²) in [6.45, 7) is 9.60. The molecular formula is C17H23N3. The number of aryl methyl sites for hydroxylation is 4. The summed E-state index contributed by atoms with van der Waals surface area (Å²) in [5, 5.41) is 0. The van der Waals surface area contributed by atoms with Gasteiger partial charge >= 0.3 is 0 Å². The minimum Gasteiger partial charge on any atom is -0.332 e. The molecule has 20 heavy (non-hydrogen) atoms. The van der Waals surface area contributed by atoms with Crippen molar-refractivity contribution in [1.82, 2.24) is 9.55 Å². The van der Waals surface area contributed by atoms with Gasteiger partial charge in [-0.15, -0.1) is 0 Å². The van der Waals surface area contributed by atoms with Crippen LogP contribution in [0.15, 0.2) is 12.1 Å². The zero-order valence-corrected chi connectivity index (χ0v) is 12.8. The molecule has 106 valence electrons. The second-order valence-electron chi connectivity index (χ2n) is 6.11. The first-order valence-corrected chi connectivity index (χ1v) is 7.37. The van der Waals surface area contributed by atoms with Crippen LogP contribution in [-0.4, -0.2) is 15.6 Å². The minimum atomic E-state index is 0.268. The van der Waals surface area contributed by atoms with Crippen molar-refractivity contribution in [2.45, 2.75) is 53.1 Å². The van der Waals surface area contributed by atoms with E-state index < -0.39 is 0 Å². The van der Waals surface area contributed by atoms with Gasteiger partial charge in [-0.2, -0.15) is 0 Å². The smallest absolute Gasteiger partial charge is 0.106 e. The van der Waals surface area contributed by atoms with Crippen LogP contribution in [0.3, 0.4) is 0 Å². The summed E-state index contributed by atoms with van der Waals surface area (Å²) in [6.07, 6.45) is 1.98. The Morgan fingerprint density at radius 2 is 1.80 bits per heavy atom. The van der Waals surface area contributed by atoms with Crippen LogP contribution in [0.5, 0.6) is 0 Å². The monoisotopic (exact) mass is 269 g/mol. The summed E-state index contributed by atoms with van der Waals surface area (Å²) in [4.78, 5) is 4.84. The van der Waals surface area contributed by atoms with Crippen LogP contribution < -0.4 is 5.73 Å².